The van der Waals surface area contributed by atoms with Gasteiger partial charge in [0.25, 0.3) is 0 Å². The summed E-state index contributed by atoms with van der Waals surface area (Å²) in [4.78, 5) is 16.6. The molecule has 1 saturated carbocycles. The summed E-state index contributed by atoms with van der Waals surface area (Å²) in [5.41, 5.74) is 1.10. The number of piperazine rings is 1. The average Bonchev–Trinajstić information content (AvgIpc) is 2.79. The van der Waals surface area contributed by atoms with Gasteiger partial charge in [0.2, 0.25) is 0 Å². The van der Waals surface area contributed by atoms with Crippen molar-refractivity contribution < 1.29 is 14.6 Å². The molecular formula is C28H38Cl2N2O3. The zero-order valence-corrected chi connectivity index (χ0v) is 22.8. The first-order valence-corrected chi connectivity index (χ1v) is 13.6. The van der Waals surface area contributed by atoms with E-state index < -0.39 is 11.7 Å². The lowest BCUT2D eigenvalue weighted by Gasteiger charge is -2.53. The van der Waals surface area contributed by atoms with E-state index in [1.54, 1.807) is 0 Å². The third-order valence-corrected chi connectivity index (χ3v) is 9.03. The van der Waals surface area contributed by atoms with E-state index in [4.69, 9.17) is 27.9 Å². The summed E-state index contributed by atoms with van der Waals surface area (Å²) in [5, 5.41) is 12.9. The lowest BCUT2D eigenvalue weighted by molar-refractivity contribution is -0.148. The Kier molecular flexibility index (Phi) is 8.54. The van der Waals surface area contributed by atoms with Crippen LogP contribution in [0.2, 0.25) is 10.0 Å². The normalized spacial score (nSPS) is 33.1. The van der Waals surface area contributed by atoms with Gasteiger partial charge in [0.1, 0.15) is 6.10 Å². The summed E-state index contributed by atoms with van der Waals surface area (Å²) in [7, 11) is 0. The standard InChI is InChI=1S/C28H38Cl2N2O3/c1-18-13-24-23(7-5-20(3)28(24,34)15-27(18)35-21(4)33)19(2)16-31-9-11-32(12-10-31)17-22-6-8-25(29)26(30)14-22/h6,8,13-14,19-20,23-24,27,34H,5,7,9-12,16-17H2,1-4H3/t19-,20+,23-,24+,27+,28+/m0/s1. The third-order valence-electron chi connectivity index (χ3n) is 8.29. The largest absolute Gasteiger partial charge is 0.457 e. The van der Waals surface area contributed by atoms with Crippen molar-refractivity contribution in [1.29, 1.82) is 0 Å². The van der Waals surface area contributed by atoms with Gasteiger partial charge in [-0.15, -0.1) is 0 Å². The number of carbonyl (C=O) groups is 1. The van der Waals surface area contributed by atoms with E-state index in [1.165, 1.54) is 12.5 Å². The Morgan fingerprint density at radius 1 is 1.20 bits per heavy atom. The van der Waals surface area contributed by atoms with Crippen molar-refractivity contribution in [1.82, 2.24) is 9.80 Å². The zero-order chi connectivity index (χ0) is 25.3. The third kappa shape index (κ3) is 6.07. The fourth-order valence-corrected chi connectivity index (χ4v) is 6.50. The van der Waals surface area contributed by atoms with Crippen LogP contribution in [0.5, 0.6) is 0 Å². The molecule has 1 N–H and O–H groups in total. The molecule has 0 spiro atoms. The van der Waals surface area contributed by atoms with Crippen LogP contribution in [0.15, 0.2) is 29.8 Å². The lowest BCUT2D eigenvalue weighted by Crippen LogP contribution is -2.57. The maximum atomic E-state index is 11.7. The molecule has 1 heterocycles. The van der Waals surface area contributed by atoms with E-state index in [0.29, 0.717) is 21.9 Å². The summed E-state index contributed by atoms with van der Waals surface area (Å²) in [6.07, 6.45) is 6.94. The summed E-state index contributed by atoms with van der Waals surface area (Å²) < 4.78 is 5.44. The number of hydrogen-bond acceptors (Lipinski definition) is 5. The fourth-order valence-electron chi connectivity index (χ4n) is 6.18. The highest BCUT2D eigenvalue weighted by atomic mass is 35.5. The molecule has 192 valence electrons. The van der Waals surface area contributed by atoms with E-state index >= 15 is 0 Å². The van der Waals surface area contributed by atoms with Crippen LogP contribution in [0.1, 0.15) is 46.1 Å². The number of nitrogens with zero attached hydrogens (tertiary/aromatic N) is 2. The Bertz CT molecular complexity index is 946. The molecule has 5 nitrogen and oxygen atoms in total. The number of benzene rings is 1. The van der Waals surface area contributed by atoms with Crippen molar-refractivity contribution in [2.45, 2.75) is 58.8 Å². The Morgan fingerprint density at radius 2 is 1.89 bits per heavy atom. The van der Waals surface area contributed by atoms with Gasteiger partial charge in [-0.25, -0.2) is 0 Å². The van der Waals surface area contributed by atoms with Gasteiger partial charge in [-0.3, -0.25) is 9.69 Å². The second-order valence-electron chi connectivity index (χ2n) is 10.8. The molecule has 0 amide bonds. The van der Waals surface area contributed by atoms with Crippen LogP contribution in [-0.4, -0.2) is 65.3 Å². The molecule has 1 aliphatic heterocycles. The average molecular weight is 522 g/mol. The predicted molar refractivity (Wildman–Crippen MR) is 140 cm³/mol. The van der Waals surface area contributed by atoms with Crippen LogP contribution in [0.25, 0.3) is 0 Å². The number of hydrogen-bond donors (Lipinski definition) is 1. The van der Waals surface area contributed by atoms with Gasteiger partial charge in [0, 0.05) is 52.1 Å². The number of aliphatic hydroxyl groups is 1. The highest BCUT2D eigenvalue weighted by Crippen LogP contribution is 2.50. The monoisotopic (exact) mass is 520 g/mol. The minimum Gasteiger partial charge on any atom is -0.457 e. The van der Waals surface area contributed by atoms with Gasteiger partial charge in [0.15, 0.2) is 0 Å². The smallest absolute Gasteiger partial charge is 0.303 e. The number of fused-ring (bicyclic) bond motifs is 1. The molecule has 6 atom stereocenters. The molecule has 1 aromatic carbocycles. The maximum Gasteiger partial charge on any atom is 0.303 e. The van der Waals surface area contributed by atoms with Crippen molar-refractivity contribution in [3.05, 3.63) is 51.9 Å². The van der Waals surface area contributed by atoms with E-state index in [2.05, 4.69) is 36.1 Å². The topological polar surface area (TPSA) is 53.0 Å². The molecule has 35 heavy (non-hydrogen) atoms. The van der Waals surface area contributed by atoms with Gasteiger partial charge in [0.05, 0.1) is 22.1 Å². The highest BCUT2D eigenvalue weighted by molar-refractivity contribution is 6.42. The second-order valence-corrected chi connectivity index (χ2v) is 11.7. The summed E-state index contributed by atoms with van der Waals surface area (Å²) in [6, 6.07) is 5.88. The fraction of sp³-hybridized carbons (Fsp3) is 0.643. The molecule has 3 aliphatic rings. The van der Waals surface area contributed by atoms with Crippen molar-refractivity contribution in [2.75, 3.05) is 32.7 Å². The zero-order valence-electron chi connectivity index (χ0n) is 21.3. The van der Waals surface area contributed by atoms with Crippen LogP contribution < -0.4 is 0 Å². The molecule has 2 aliphatic carbocycles. The van der Waals surface area contributed by atoms with Crippen LogP contribution in [0, 0.1) is 30.1 Å². The molecular weight excluding hydrogens is 483 g/mol. The number of esters is 1. The minimum absolute atomic E-state index is 0.00370. The first kappa shape index (κ1) is 26.9. The lowest BCUT2D eigenvalue weighted by atomic mass is 9.57. The van der Waals surface area contributed by atoms with Crippen LogP contribution in [0.4, 0.5) is 0 Å². The van der Waals surface area contributed by atoms with Crippen molar-refractivity contribution in [3.8, 4) is 0 Å². The SMILES string of the molecule is CC(=O)O[C@@H]1[C][C@@]2(O)[C@H](C)CC[C@@H]([C@@H](C)CN3CCN(Cc4ccc(Cl)c(Cl)c4)CC3)[C@H]2C=C1C. The van der Waals surface area contributed by atoms with Gasteiger partial charge in [-0.2, -0.15) is 0 Å². The van der Waals surface area contributed by atoms with Gasteiger partial charge in [-0.1, -0.05) is 49.2 Å². The Balaban J connectivity index is 1.35. The summed E-state index contributed by atoms with van der Waals surface area (Å²) in [6.45, 7) is 13.8. The molecule has 2 radical (unpaired) electrons. The molecule has 4 rings (SSSR count). The number of rotatable bonds is 6. The Morgan fingerprint density at radius 3 is 2.54 bits per heavy atom. The first-order chi connectivity index (χ1) is 16.6. The number of halogens is 2. The Labute approximate surface area is 220 Å². The second kappa shape index (κ2) is 11.1. The molecule has 1 aromatic rings. The molecule has 1 saturated heterocycles. The molecule has 0 bridgehead atoms. The van der Waals surface area contributed by atoms with Crippen LogP contribution in [0.3, 0.4) is 0 Å². The van der Waals surface area contributed by atoms with Gasteiger partial charge >= 0.3 is 5.97 Å². The predicted octanol–water partition coefficient (Wildman–Crippen LogP) is 5.11. The van der Waals surface area contributed by atoms with E-state index in [9.17, 15) is 9.90 Å². The number of ether oxygens (including phenoxy) is 1. The van der Waals surface area contributed by atoms with Crippen molar-refractivity contribution >= 4 is 29.2 Å². The molecule has 2 fully saturated rings. The Hall–Kier alpha value is -1.11. The number of carbonyl (C=O) groups excluding carboxylic acids is 1. The van der Waals surface area contributed by atoms with Crippen molar-refractivity contribution in [2.24, 2.45) is 23.7 Å². The van der Waals surface area contributed by atoms with Crippen LogP contribution >= 0.6 is 23.2 Å². The maximum absolute atomic E-state index is 11.7. The summed E-state index contributed by atoms with van der Waals surface area (Å²) >= 11 is 12.2. The van der Waals surface area contributed by atoms with E-state index in [1.807, 2.05) is 25.1 Å². The first-order valence-electron chi connectivity index (χ1n) is 12.8. The van der Waals surface area contributed by atoms with Crippen LogP contribution in [-0.2, 0) is 16.1 Å². The molecule has 7 heteroatoms. The van der Waals surface area contributed by atoms with Gasteiger partial charge < -0.3 is 14.7 Å². The van der Waals surface area contributed by atoms with E-state index in [-0.39, 0.29) is 17.8 Å². The highest BCUT2D eigenvalue weighted by Gasteiger charge is 2.53. The molecule has 0 unspecified atom stereocenters. The van der Waals surface area contributed by atoms with Crippen molar-refractivity contribution in [3.63, 3.8) is 0 Å². The van der Waals surface area contributed by atoms with Gasteiger partial charge in [-0.05, 0) is 60.8 Å². The quantitative estimate of drug-likeness (QED) is 0.417. The summed E-state index contributed by atoms with van der Waals surface area (Å²) in [5.74, 6) is 0.555. The molecule has 0 aromatic heterocycles. The minimum atomic E-state index is -1.06. The van der Waals surface area contributed by atoms with E-state index in [0.717, 1.165) is 57.7 Å².